The molecular weight excluding hydrogens is 324 g/mol. The van der Waals surface area contributed by atoms with E-state index in [0.717, 1.165) is 10.8 Å². The maximum atomic E-state index is 12.7. The summed E-state index contributed by atoms with van der Waals surface area (Å²) in [5.41, 5.74) is 1.94. The lowest BCUT2D eigenvalue weighted by atomic mass is 10.3. The number of para-hydroxylation sites is 1. The monoisotopic (exact) mass is 340 g/mol. The third-order valence-electron chi connectivity index (χ3n) is 3.36. The average molecular weight is 340 g/mol. The quantitative estimate of drug-likeness (QED) is 0.722. The Morgan fingerprint density at radius 2 is 1.92 bits per heavy atom. The number of carbonyl (C=O) groups excluding carboxylic acids is 1. The molecule has 0 unspecified atom stereocenters. The highest BCUT2D eigenvalue weighted by Crippen LogP contribution is 2.22. The molecule has 3 aromatic rings. The Hall–Kier alpha value is -2.80. The fraction of sp³-hybridized carbons (Fsp3) is 0.118. The van der Waals surface area contributed by atoms with Crippen LogP contribution in [0.3, 0.4) is 0 Å². The molecule has 0 fully saturated rings. The first kappa shape index (κ1) is 16.1. The van der Waals surface area contributed by atoms with Gasteiger partial charge in [-0.1, -0.05) is 30.0 Å². The number of anilines is 1. The summed E-state index contributed by atoms with van der Waals surface area (Å²) in [6, 6.07) is 13.1. The summed E-state index contributed by atoms with van der Waals surface area (Å²) in [6.07, 6.45) is 5.05. The van der Waals surface area contributed by atoms with Crippen LogP contribution in [0.25, 0.3) is 5.69 Å². The zero-order valence-electron chi connectivity index (χ0n) is 13.3. The van der Waals surface area contributed by atoms with E-state index in [-0.39, 0.29) is 5.91 Å². The van der Waals surface area contributed by atoms with Gasteiger partial charge in [-0.25, -0.2) is 9.97 Å². The van der Waals surface area contributed by atoms with Gasteiger partial charge in [-0.05, 0) is 24.5 Å². The third kappa shape index (κ3) is 3.26. The summed E-state index contributed by atoms with van der Waals surface area (Å²) in [7, 11) is 1.54. The average Bonchev–Trinajstić information content (AvgIpc) is 3.07. The lowest BCUT2D eigenvalue weighted by Crippen LogP contribution is -2.16. The van der Waals surface area contributed by atoms with E-state index in [0.29, 0.717) is 17.3 Å². The first-order chi connectivity index (χ1) is 11.7. The van der Waals surface area contributed by atoms with Crippen molar-refractivity contribution in [2.75, 3.05) is 18.7 Å². The minimum absolute atomic E-state index is 0.251. The van der Waals surface area contributed by atoms with Crippen LogP contribution in [0.4, 0.5) is 5.69 Å². The van der Waals surface area contributed by atoms with Crippen LogP contribution in [0.5, 0.6) is 5.88 Å². The van der Waals surface area contributed by atoms with Crippen molar-refractivity contribution in [3.8, 4) is 11.6 Å². The van der Waals surface area contributed by atoms with E-state index < -0.39 is 0 Å². The van der Waals surface area contributed by atoms with Crippen LogP contribution in [0.2, 0.25) is 0 Å². The van der Waals surface area contributed by atoms with E-state index in [1.54, 1.807) is 31.6 Å². The maximum absolute atomic E-state index is 12.7. The molecular formula is C17H16N4O2S. The number of carbonyl (C=O) groups is 1. The number of nitrogens with one attached hydrogen (secondary N) is 1. The Balaban J connectivity index is 1.91. The van der Waals surface area contributed by atoms with E-state index in [1.807, 2.05) is 41.2 Å². The molecule has 0 aliphatic heterocycles. The lowest BCUT2D eigenvalue weighted by molar-refractivity contribution is 0.102. The molecule has 2 heterocycles. The number of hydrogen-bond donors (Lipinski definition) is 1. The first-order valence-corrected chi connectivity index (χ1v) is 8.44. The number of imidazole rings is 1. The van der Waals surface area contributed by atoms with Gasteiger partial charge in [-0.15, -0.1) is 0 Å². The summed E-state index contributed by atoms with van der Waals surface area (Å²) >= 11 is 1.48. The van der Waals surface area contributed by atoms with Gasteiger partial charge in [0.1, 0.15) is 5.69 Å². The number of thioether (sulfide) groups is 1. The van der Waals surface area contributed by atoms with Crippen LogP contribution in [-0.4, -0.2) is 33.8 Å². The molecule has 1 amide bonds. The Bertz CT molecular complexity index is 832. The molecule has 7 heteroatoms. The summed E-state index contributed by atoms with van der Waals surface area (Å²) in [4.78, 5) is 21.1. The summed E-state index contributed by atoms with van der Waals surface area (Å²) in [6.45, 7) is 0. The van der Waals surface area contributed by atoms with E-state index in [9.17, 15) is 4.79 Å². The Labute approximate surface area is 143 Å². The topological polar surface area (TPSA) is 69.0 Å². The van der Waals surface area contributed by atoms with Gasteiger partial charge in [0, 0.05) is 11.8 Å². The predicted octanol–water partition coefficient (Wildman–Crippen LogP) is 3.25. The largest absolute Gasteiger partial charge is 0.481 e. The van der Waals surface area contributed by atoms with Crippen molar-refractivity contribution in [1.82, 2.24) is 14.5 Å². The SMILES string of the molecule is COc1ccc(NC(=O)c2cnc(SC)n2-c2ccccc2)cn1. The number of methoxy groups -OCH3 is 1. The standard InChI is InChI=1S/C17H16N4O2S/c1-23-15-9-8-12(10-18-15)20-16(22)14-11-19-17(24-2)21(14)13-6-4-3-5-7-13/h3-11H,1-2H3,(H,20,22). The number of amides is 1. The molecule has 122 valence electrons. The van der Waals surface area contributed by atoms with Gasteiger partial charge in [-0.3, -0.25) is 9.36 Å². The van der Waals surface area contributed by atoms with Gasteiger partial charge in [-0.2, -0.15) is 0 Å². The fourth-order valence-corrected chi connectivity index (χ4v) is 2.78. The molecule has 0 aliphatic carbocycles. The van der Waals surface area contributed by atoms with Crippen molar-refractivity contribution in [1.29, 1.82) is 0 Å². The normalized spacial score (nSPS) is 10.4. The van der Waals surface area contributed by atoms with E-state index >= 15 is 0 Å². The van der Waals surface area contributed by atoms with Crippen molar-refractivity contribution < 1.29 is 9.53 Å². The fourth-order valence-electron chi connectivity index (χ4n) is 2.24. The van der Waals surface area contributed by atoms with Crippen molar-refractivity contribution in [2.45, 2.75) is 5.16 Å². The molecule has 1 N–H and O–H groups in total. The van der Waals surface area contributed by atoms with Crippen molar-refractivity contribution in [2.24, 2.45) is 0 Å². The Morgan fingerprint density at radius 3 is 2.54 bits per heavy atom. The van der Waals surface area contributed by atoms with Crippen molar-refractivity contribution >= 4 is 23.4 Å². The maximum Gasteiger partial charge on any atom is 0.274 e. The minimum Gasteiger partial charge on any atom is -0.481 e. The van der Waals surface area contributed by atoms with Gasteiger partial charge >= 0.3 is 0 Å². The molecule has 0 radical (unpaired) electrons. The Morgan fingerprint density at radius 1 is 1.12 bits per heavy atom. The van der Waals surface area contributed by atoms with Gasteiger partial charge in [0.15, 0.2) is 5.16 Å². The van der Waals surface area contributed by atoms with Gasteiger partial charge in [0.2, 0.25) is 5.88 Å². The molecule has 0 spiro atoms. The summed E-state index contributed by atoms with van der Waals surface area (Å²) in [5.74, 6) is 0.241. The number of rotatable bonds is 5. The van der Waals surface area contributed by atoms with Crippen LogP contribution in [0, 0.1) is 0 Å². The lowest BCUT2D eigenvalue weighted by Gasteiger charge is -2.11. The molecule has 6 nitrogen and oxygen atoms in total. The second kappa shape index (κ2) is 7.18. The molecule has 0 aliphatic rings. The van der Waals surface area contributed by atoms with Gasteiger partial charge in [0.05, 0.1) is 25.2 Å². The molecule has 0 atom stereocenters. The number of aromatic nitrogens is 3. The zero-order valence-corrected chi connectivity index (χ0v) is 14.1. The highest BCUT2D eigenvalue weighted by Gasteiger charge is 2.17. The van der Waals surface area contributed by atoms with Crippen LogP contribution in [-0.2, 0) is 0 Å². The van der Waals surface area contributed by atoms with Crippen molar-refractivity contribution in [3.05, 3.63) is 60.6 Å². The predicted molar refractivity (Wildman–Crippen MR) is 94.1 cm³/mol. The van der Waals surface area contributed by atoms with Crippen LogP contribution in [0.1, 0.15) is 10.5 Å². The molecule has 0 saturated heterocycles. The number of nitrogens with zero attached hydrogens (tertiary/aromatic N) is 3. The van der Waals surface area contributed by atoms with E-state index in [4.69, 9.17) is 4.74 Å². The van der Waals surface area contributed by atoms with Crippen LogP contribution in [0.15, 0.2) is 60.0 Å². The van der Waals surface area contributed by atoms with E-state index in [1.165, 1.54) is 11.8 Å². The number of benzene rings is 1. The smallest absolute Gasteiger partial charge is 0.274 e. The Kier molecular flexibility index (Phi) is 4.81. The van der Waals surface area contributed by atoms with Crippen LogP contribution >= 0.6 is 11.8 Å². The molecule has 2 aromatic heterocycles. The highest BCUT2D eigenvalue weighted by molar-refractivity contribution is 7.98. The molecule has 0 bridgehead atoms. The second-order valence-electron chi connectivity index (χ2n) is 4.84. The van der Waals surface area contributed by atoms with Crippen LogP contribution < -0.4 is 10.1 Å². The number of hydrogen-bond acceptors (Lipinski definition) is 5. The zero-order chi connectivity index (χ0) is 16.9. The van der Waals surface area contributed by atoms with Gasteiger partial charge in [0.25, 0.3) is 5.91 Å². The molecule has 1 aromatic carbocycles. The van der Waals surface area contributed by atoms with Gasteiger partial charge < -0.3 is 10.1 Å². The highest BCUT2D eigenvalue weighted by atomic mass is 32.2. The number of ether oxygens (including phenoxy) is 1. The second-order valence-corrected chi connectivity index (χ2v) is 5.62. The molecule has 3 rings (SSSR count). The minimum atomic E-state index is -0.251. The first-order valence-electron chi connectivity index (χ1n) is 7.21. The summed E-state index contributed by atoms with van der Waals surface area (Å²) < 4.78 is 6.84. The molecule has 0 saturated carbocycles. The van der Waals surface area contributed by atoms with Crippen molar-refractivity contribution in [3.63, 3.8) is 0 Å². The third-order valence-corrected chi connectivity index (χ3v) is 4.02. The van der Waals surface area contributed by atoms with E-state index in [2.05, 4.69) is 15.3 Å². The number of pyridine rings is 1. The summed E-state index contributed by atoms with van der Waals surface area (Å²) in [5, 5.41) is 3.58. The molecule has 24 heavy (non-hydrogen) atoms.